The van der Waals surface area contributed by atoms with Crippen LogP contribution in [0.15, 0.2) is 137 Å². The molecule has 0 saturated carbocycles. The molecule has 0 amide bonds. The molecule has 5 heteroatoms. The highest BCUT2D eigenvalue weighted by molar-refractivity contribution is 6.03. The molecule has 2 aromatic heterocycles. The second-order valence-corrected chi connectivity index (χ2v) is 9.17. The largest absolute Gasteiger partial charge is 0.454 e. The summed E-state index contributed by atoms with van der Waals surface area (Å²) in [5.74, 6) is 0.757. The van der Waals surface area contributed by atoms with Crippen LogP contribution in [0.2, 0.25) is 0 Å². The summed E-state index contributed by atoms with van der Waals surface area (Å²) in [5, 5.41) is 13.4. The molecule has 0 saturated heterocycles. The van der Waals surface area contributed by atoms with E-state index in [1.807, 2.05) is 53.2 Å². The minimum atomic E-state index is -0.0433. The zero-order valence-electron chi connectivity index (χ0n) is 20.1. The third kappa shape index (κ3) is 3.91. The molecule has 0 bridgehead atoms. The SMILES string of the molecule is c1ccc(C2=NN(c3ccccc3)[C@H](c3cn(-c4ccccc4)nc3-c3cc4ccccc4o3)C2)cc1. The van der Waals surface area contributed by atoms with Crippen molar-refractivity contribution in [3.8, 4) is 17.1 Å². The highest BCUT2D eigenvalue weighted by Gasteiger charge is 2.34. The Bertz CT molecular complexity index is 1670. The van der Waals surface area contributed by atoms with Crippen molar-refractivity contribution >= 4 is 22.4 Å². The van der Waals surface area contributed by atoms with E-state index < -0.39 is 0 Å². The molecule has 1 atom stereocenters. The fourth-order valence-corrected chi connectivity index (χ4v) is 5.01. The fourth-order valence-electron chi connectivity index (χ4n) is 5.01. The number of hydrogen-bond acceptors (Lipinski definition) is 4. The molecule has 37 heavy (non-hydrogen) atoms. The van der Waals surface area contributed by atoms with Crippen molar-refractivity contribution in [1.82, 2.24) is 9.78 Å². The van der Waals surface area contributed by atoms with E-state index in [1.165, 1.54) is 0 Å². The predicted octanol–water partition coefficient (Wildman–Crippen LogP) is 7.64. The van der Waals surface area contributed by atoms with Gasteiger partial charge in [-0.05, 0) is 42.0 Å². The lowest BCUT2D eigenvalue weighted by molar-refractivity contribution is 0.623. The molecule has 0 fully saturated rings. The van der Waals surface area contributed by atoms with Gasteiger partial charge in [-0.2, -0.15) is 10.2 Å². The molecule has 4 aromatic carbocycles. The first kappa shape index (κ1) is 21.4. The Kier molecular flexibility index (Phi) is 5.18. The zero-order valence-corrected chi connectivity index (χ0v) is 20.1. The molecule has 0 spiro atoms. The molecule has 3 heterocycles. The average molecular weight is 481 g/mol. The maximum Gasteiger partial charge on any atom is 0.156 e. The lowest BCUT2D eigenvalue weighted by Crippen LogP contribution is -2.18. The van der Waals surface area contributed by atoms with Crippen molar-refractivity contribution in [3.63, 3.8) is 0 Å². The van der Waals surface area contributed by atoms with Crippen LogP contribution >= 0.6 is 0 Å². The van der Waals surface area contributed by atoms with E-state index in [9.17, 15) is 0 Å². The molecule has 0 aliphatic carbocycles. The van der Waals surface area contributed by atoms with Crippen LogP contribution in [0.25, 0.3) is 28.1 Å². The van der Waals surface area contributed by atoms with Gasteiger partial charge in [0.25, 0.3) is 0 Å². The van der Waals surface area contributed by atoms with Gasteiger partial charge in [0.2, 0.25) is 0 Å². The van der Waals surface area contributed by atoms with Crippen LogP contribution in [-0.4, -0.2) is 15.5 Å². The lowest BCUT2D eigenvalue weighted by Gasteiger charge is -2.23. The number of nitrogens with zero attached hydrogens (tertiary/aromatic N) is 4. The second-order valence-electron chi connectivity index (χ2n) is 9.17. The first-order chi connectivity index (χ1) is 18.3. The molecule has 1 aliphatic rings. The van der Waals surface area contributed by atoms with Crippen LogP contribution in [0.4, 0.5) is 5.69 Å². The van der Waals surface area contributed by atoms with Crippen molar-refractivity contribution < 1.29 is 4.42 Å². The highest BCUT2D eigenvalue weighted by Crippen LogP contribution is 2.41. The third-order valence-electron chi connectivity index (χ3n) is 6.82. The highest BCUT2D eigenvalue weighted by atomic mass is 16.3. The minimum absolute atomic E-state index is 0.0433. The van der Waals surface area contributed by atoms with Crippen molar-refractivity contribution in [2.24, 2.45) is 5.10 Å². The van der Waals surface area contributed by atoms with E-state index in [4.69, 9.17) is 14.6 Å². The van der Waals surface area contributed by atoms with E-state index in [2.05, 4.69) is 84.0 Å². The Labute approximate surface area is 214 Å². The number of aromatic nitrogens is 2. The molecule has 0 N–H and O–H groups in total. The van der Waals surface area contributed by atoms with Gasteiger partial charge in [-0.1, -0.05) is 84.9 Å². The molecule has 5 nitrogen and oxygen atoms in total. The number of benzene rings is 4. The number of fused-ring (bicyclic) bond motifs is 1. The van der Waals surface area contributed by atoms with Gasteiger partial charge in [0.1, 0.15) is 11.3 Å². The Balaban J connectivity index is 1.40. The topological polar surface area (TPSA) is 46.6 Å². The minimum Gasteiger partial charge on any atom is -0.454 e. The number of rotatable bonds is 5. The molecule has 1 aliphatic heterocycles. The summed E-state index contributed by atoms with van der Waals surface area (Å²) in [6.45, 7) is 0. The lowest BCUT2D eigenvalue weighted by atomic mass is 9.97. The molecule has 7 rings (SSSR count). The fraction of sp³-hybridized carbons (Fsp3) is 0.0625. The van der Waals surface area contributed by atoms with Crippen molar-refractivity contribution in [2.45, 2.75) is 12.5 Å². The van der Waals surface area contributed by atoms with Crippen molar-refractivity contribution in [3.05, 3.63) is 139 Å². The van der Waals surface area contributed by atoms with Gasteiger partial charge in [-0.25, -0.2) is 4.68 Å². The Morgan fingerprint density at radius 3 is 2.08 bits per heavy atom. The van der Waals surface area contributed by atoms with Crippen LogP contribution in [-0.2, 0) is 0 Å². The number of furan rings is 1. The zero-order chi connectivity index (χ0) is 24.6. The van der Waals surface area contributed by atoms with Gasteiger partial charge < -0.3 is 4.42 Å². The summed E-state index contributed by atoms with van der Waals surface area (Å²) < 4.78 is 8.27. The van der Waals surface area contributed by atoms with E-state index in [0.29, 0.717) is 0 Å². The number of hydrazone groups is 1. The maximum absolute atomic E-state index is 6.32. The van der Waals surface area contributed by atoms with Gasteiger partial charge in [0, 0.05) is 23.6 Å². The monoisotopic (exact) mass is 480 g/mol. The first-order valence-corrected chi connectivity index (χ1v) is 12.4. The maximum atomic E-state index is 6.32. The quantitative estimate of drug-likeness (QED) is 0.255. The standard InChI is InChI=1S/C32H24N4O/c1-4-12-23(13-5-1)28-21-29(36(33-28)26-17-8-3-9-18-26)27-22-35(25-15-6-2-7-16-25)34-32(27)31-20-24-14-10-11-19-30(24)37-31/h1-20,22,29H,21H2/t29-/m0/s1. The van der Waals surface area contributed by atoms with Gasteiger partial charge in [0.05, 0.1) is 23.1 Å². The van der Waals surface area contributed by atoms with Gasteiger partial charge in [0.15, 0.2) is 5.76 Å². The third-order valence-corrected chi connectivity index (χ3v) is 6.82. The summed E-state index contributed by atoms with van der Waals surface area (Å²) in [4.78, 5) is 0. The molecule has 6 aromatic rings. The normalized spacial score (nSPS) is 15.3. The van der Waals surface area contributed by atoms with E-state index in [-0.39, 0.29) is 6.04 Å². The summed E-state index contributed by atoms with van der Waals surface area (Å²) >= 11 is 0. The number of para-hydroxylation sites is 3. The Hall–Kier alpha value is -4.90. The van der Waals surface area contributed by atoms with Gasteiger partial charge in [-0.3, -0.25) is 5.01 Å². The van der Waals surface area contributed by atoms with Crippen LogP contribution in [0, 0.1) is 0 Å². The van der Waals surface area contributed by atoms with Crippen LogP contribution in [0.5, 0.6) is 0 Å². The van der Waals surface area contributed by atoms with Gasteiger partial charge >= 0.3 is 0 Å². The Morgan fingerprint density at radius 1 is 0.703 bits per heavy atom. The van der Waals surface area contributed by atoms with E-state index in [0.717, 1.165) is 57.1 Å². The summed E-state index contributed by atoms with van der Waals surface area (Å²) in [6, 6.07) is 41.1. The van der Waals surface area contributed by atoms with E-state index >= 15 is 0 Å². The molecule has 0 radical (unpaired) electrons. The van der Waals surface area contributed by atoms with E-state index in [1.54, 1.807) is 0 Å². The average Bonchev–Trinajstić information content (AvgIpc) is 3.71. The second kappa shape index (κ2) is 8.95. The molecule has 178 valence electrons. The Morgan fingerprint density at radius 2 is 1.35 bits per heavy atom. The number of anilines is 1. The van der Waals surface area contributed by atoms with Crippen LogP contribution in [0.1, 0.15) is 23.6 Å². The molecular weight excluding hydrogens is 456 g/mol. The van der Waals surface area contributed by atoms with Crippen LogP contribution in [0.3, 0.4) is 0 Å². The van der Waals surface area contributed by atoms with Crippen LogP contribution < -0.4 is 5.01 Å². The molecule has 0 unspecified atom stereocenters. The van der Waals surface area contributed by atoms with Crippen molar-refractivity contribution in [2.75, 3.05) is 5.01 Å². The first-order valence-electron chi connectivity index (χ1n) is 12.4. The summed E-state index contributed by atoms with van der Waals surface area (Å²) in [6.07, 6.45) is 2.88. The number of hydrogen-bond donors (Lipinski definition) is 0. The van der Waals surface area contributed by atoms with Crippen molar-refractivity contribution in [1.29, 1.82) is 0 Å². The summed E-state index contributed by atoms with van der Waals surface area (Å²) in [5.41, 5.74) is 6.98. The predicted molar refractivity (Wildman–Crippen MR) is 148 cm³/mol. The smallest absolute Gasteiger partial charge is 0.156 e. The molecular formula is C32H24N4O. The van der Waals surface area contributed by atoms with Gasteiger partial charge in [-0.15, -0.1) is 0 Å². The summed E-state index contributed by atoms with van der Waals surface area (Å²) in [7, 11) is 0.